The summed E-state index contributed by atoms with van der Waals surface area (Å²) >= 11 is 0. The highest BCUT2D eigenvalue weighted by molar-refractivity contribution is 7.89. The summed E-state index contributed by atoms with van der Waals surface area (Å²) in [6, 6.07) is 13.2. The van der Waals surface area contributed by atoms with Crippen molar-refractivity contribution in [2.45, 2.75) is 38.0 Å². The van der Waals surface area contributed by atoms with Crippen molar-refractivity contribution in [3.63, 3.8) is 0 Å². The summed E-state index contributed by atoms with van der Waals surface area (Å²) in [5.41, 5.74) is 1.47. The van der Waals surface area contributed by atoms with Crippen LogP contribution in [-0.4, -0.2) is 38.3 Å². The van der Waals surface area contributed by atoms with Gasteiger partial charge in [0.1, 0.15) is 5.82 Å². The normalized spacial score (nSPS) is 11.6. The van der Waals surface area contributed by atoms with Gasteiger partial charge in [0, 0.05) is 26.1 Å². The van der Waals surface area contributed by atoms with Gasteiger partial charge in [-0.05, 0) is 42.2 Å². The summed E-state index contributed by atoms with van der Waals surface area (Å²) in [5, 5.41) is 2.79. The topological polar surface area (TPSA) is 66.5 Å². The van der Waals surface area contributed by atoms with Crippen molar-refractivity contribution in [3.8, 4) is 0 Å². The van der Waals surface area contributed by atoms with Crippen LogP contribution in [0.1, 0.15) is 31.4 Å². The van der Waals surface area contributed by atoms with Gasteiger partial charge in [0.15, 0.2) is 0 Å². The van der Waals surface area contributed by atoms with Crippen LogP contribution < -0.4 is 5.32 Å². The van der Waals surface area contributed by atoms with Crippen molar-refractivity contribution < 1.29 is 17.6 Å². The molecule has 2 aromatic rings. The molecule has 0 bridgehead atoms. The summed E-state index contributed by atoms with van der Waals surface area (Å²) < 4.78 is 39.9. The Morgan fingerprint density at radius 2 is 1.64 bits per heavy atom. The second-order valence-electron chi connectivity index (χ2n) is 6.42. The molecule has 0 aliphatic rings. The molecule has 2 aromatic carbocycles. The molecule has 0 fully saturated rings. The molecule has 0 saturated carbocycles. The highest BCUT2D eigenvalue weighted by atomic mass is 32.2. The number of rotatable bonds is 10. The molecule has 0 saturated heterocycles. The largest absolute Gasteiger partial charge is 0.356 e. The standard InChI is InChI=1S/C21H27FN2O3S/c1-3-24(4-2)28(26,27)19-12-9-17(10-13-19)11-14-21(25)23-16-15-18-7-5-6-8-20(18)22/h5-10,12-13H,3-4,11,14-16H2,1-2H3,(H,23,25). The van der Waals surface area contributed by atoms with Gasteiger partial charge in [-0.15, -0.1) is 0 Å². The molecule has 1 amide bonds. The molecule has 0 atom stereocenters. The quantitative estimate of drug-likeness (QED) is 0.659. The zero-order valence-corrected chi connectivity index (χ0v) is 17.1. The number of hydrogen-bond donors (Lipinski definition) is 1. The number of hydrogen-bond acceptors (Lipinski definition) is 3. The number of nitrogens with zero attached hydrogens (tertiary/aromatic N) is 1. The zero-order valence-electron chi connectivity index (χ0n) is 16.3. The number of nitrogens with one attached hydrogen (secondary N) is 1. The predicted molar refractivity (Wildman–Crippen MR) is 108 cm³/mol. The van der Waals surface area contributed by atoms with Gasteiger partial charge in [-0.1, -0.05) is 44.2 Å². The van der Waals surface area contributed by atoms with Crippen LogP contribution >= 0.6 is 0 Å². The molecule has 152 valence electrons. The Morgan fingerprint density at radius 1 is 1.00 bits per heavy atom. The fraction of sp³-hybridized carbons (Fsp3) is 0.381. The van der Waals surface area contributed by atoms with E-state index < -0.39 is 10.0 Å². The predicted octanol–water partition coefficient (Wildman–Crippen LogP) is 3.15. The molecule has 0 heterocycles. The van der Waals surface area contributed by atoms with Crippen LogP contribution in [0.15, 0.2) is 53.4 Å². The summed E-state index contributed by atoms with van der Waals surface area (Å²) in [5.74, 6) is -0.382. The van der Waals surface area contributed by atoms with E-state index in [1.165, 1.54) is 10.4 Å². The fourth-order valence-electron chi connectivity index (χ4n) is 2.92. The Morgan fingerprint density at radius 3 is 2.25 bits per heavy atom. The number of halogens is 1. The first-order valence-electron chi connectivity index (χ1n) is 9.47. The molecule has 0 spiro atoms. The third-order valence-corrected chi connectivity index (χ3v) is 6.65. The first-order chi connectivity index (χ1) is 13.4. The van der Waals surface area contributed by atoms with E-state index in [9.17, 15) is 17.6 Å². The van der Waals surface area contributed by atoms with E-state index in [0.717, 1.165) is 5.56 Å². The van der Waals surface area contributed by atoms with Crippen molar-refractivity contribution >= 4 is 15.9 Å². The van der Waals surface area contributed by atoms with Crippen LogP contribution in [0.5, 0.6) is 0 Å². The summed E-state index contributed by atoms with van der Waals surface area (Å²) in [6.07, 6.45) is 1.24. The highest BCUT2D eigenvalue weighted by Gasteiger charge is 2.21. The van der Waals surface area contributed by atoms with E-state index in [4.69, 9.17) is 0 Å². The number of benzene rings is 2. The van der Waals surface area contributed by atoms with Gasteiger partial charge < -0.3 is 5.32 Å². The van der Waals surface area contributed by atoms with Crippen LogP contribution in [0.2, 0.25) is 0 Å². The van der Waals surface area contributed by atoms with E-state index in [-0.39, 0.29) is 16.6 Å². The van der Waals surface area contributed by atoms with Gasteiger partial charge in [-0.3, -0.25) is 4.79 Å². The molecule has 0 aliphatic carbocycles. The van der Waals surface area contributed by atoms with Gasteiger partial charge in [0.25, 0.3) is 0 Å². The van der Waals surface area contributed by atoms with Gasteiger partial charge in [0.05, 0.1) is 4.90 Å². The Balaban J connectivity index is 1.82. The molecule has 0 aromatic heterocycles. The lowest BCUT2D eigenvalue weighted by molar-refractivity contribution is -0.121. The SMILES string of the molecule is CCN(CC)S(=O)(=O)c1ccc(CCC(=O)NCCc2ccccc2F)cc1. The van der Waals surface area contributed by atoms with Gasteiger partial charge in [-0.2, -0.15) is 4.31 Å². The molecule has 5 nitrogen and oxygen atoms in total. The fourth-order valence-corrected chi connectivity index (χ4v) is 4.38. The number of carbonyl (C=O) groups is 1. The Bertz CT molecular complexity index is 879. The second-order valence-corrected chi connectivity index (χ2v) is 8.36. The lowest BCUT2D eigenvalue weighted by Crippen LogP contribution is -2.30. The highest BCUT2D eigenvalue weighted by Crippen LogP contribution is 2.17. The zero-order chi connectivity index (χ0) is 20.6. The average Bonchev–Trinajstić information content (AvgIpc) is 2.69. The molecule has 28 heavy (non-hydrogen) atoms. The monoisotopic (exact) mass is 406 g/mol. The number of carbonyl (C=O) groups excluding carboxylic acids is 1. The molecule has 0 aliphatic heterocycles. The van der Waals surface area contributed by atoms with Crippen LogP contribution in [0.25, 0.3) is 0 Å². The second kappa shape index (κ2) is 10.3. The lowest BCUT2D eigenvalue weighted by atomic mass is 10.1. The third-order valence-electron chi connectivity index (χ3n) is 4.58. The first-order valence-corrected chi connectivity index (χ1v) is 10.9. The molecule has 0 unspecified atom stereocenters. The summed E-state index contributed by atoms with van der Waals surface area (Å²) in [6.45, 7) is 4.84. The average molecular weight is 407 g/mol. The molecular weight excluding hydrogens is 379 g/mol. The van der Waals surface area contributed by atoms with Gasteiger partial charge in [-0.25, -0.2) is 12.8 Å². The molecule has 7 heteroatoms. The maximum atomic E-state index is 13.5. The van der Waals surface area contributed by atoms with Crippen molar-refractivity contribution in [1.29, 1.82) is 0 Å². The third kappa shape index (κ3) is 5.87. The lowest BCUT2D eigenvalue weighted by Gasteiger charge is -2.18. The van der Waals surface area contributed by atoms with Crippen molar-refractivity contribution in [1.82, 2.24) is 9.62 Å². The Labute approximate surface area is 166 Å². The van der Waals surface area contributed by atoms with Crippen molar-refractivity contribution in [3.05, 3.63) is 65.5 Å². The van der Waals surface area contributed by atoms with E-state index in [1.807, 2.05) is 0 Å². The van der Waals surface area contributed by atoms with E-state index >= 15 is 0 Å². The van der Waals surface area contributed by atoms with Crippen LogP contribution in [-0.2, 0) is 27.7 Å². The minimum Gasteiger partial charge on any atom is -0.356 e. The molecular formula is C21H27FN2O3S. The summed E-state index contributed by atoms with van der Waals surface area (Å²) in [7, 11) is -3.47. The van der Waals surface area contributed by atoms with Crippen LogP contribution in [0.4, 0.5) is 4.39 Å². The molecule has 2 rings (SSSR count). The van der Waals surface area contributed by atoms with Gasteiger partial charge in [0.2, 0.25) is 15.9 Å². The minimum atomic E-state index is -3.47. The minimum absolute atomic E-state index is 0.115. The van der Waals surface area contributed by atoms with Crippen molar-refractivity contribution in [2.75, 3.05) is 19.6 Å². The van der Waals surface area contributed by atoms with E-state index in [0.29, 0.717) is 44.5 Å². The number of amides is 1. The first kappa shape index (κ1) is 22.0. The van der Waals surface area contributed by atoms with Crippen molar-refractivity contribution in [2.24, 2.45) is 0 Å². The maximum absolute atomic E-state index is 13.5. The maximum Gasteiger partial charge on any atom is 0.243 e. The van der Waals surface area contributed by atoms with E-state index in [1.54, 1.807) is 56.3 Å². The molecule has 0 radical (unpaired) electrons. The van der Waals surface area contributed by atoms with Crippen LogP contribution in [0, 0.1) is 5.82 Å². The van der Waals surface area contributed by atoms with Crippen LogP contribution in [0.3, 0.4) is 0 Å². The smallest absolute Gasteiger partial charge is 0.243 e. The Hall–Kier alpha value is -2.25. The van der Waals surface area contributed by atoms with E-state index in [2.05, 4.69) is 5.32 Å². The molecule has 1 N–H and O–H groups in total. The van der Waals surface area contributed by atoms with Gasteiger partial charge >= 0.3 is 0 Å². The number of aryl methyl sites for hydroxylation is 1. The summed E-state index contributed by atoms with van der Waals surface area (Å²) in [4.78, 5) is 12.2. The number of sulfonamides is 1. The Kier molecular flexibility index (Phi) is 8.14.